The van der Waals surface area contributed by atoms with E-state index in [2.05, 4.69) is 5.32 Å². The predicted molar refractivity (Wildman–Crippen MR) is 97.5 cm³/mol. The van der Waals surface area contributed by atoms with Crippen molar-refractivity contribution < 1.29 is 28.5 Å². The second kappa shape index (κ2) is 6.35. The number of hydrogen-bond donors (Lipinski definition) is 1. The summed E-state index contributed by atoms with van der Waals surface area (Å²) in [7, 11) is 0. The van der Waals surface area contributed by atoms with Crippen molar-refractivity contribution in [1.82, 2.24) is 0 Å². The number of ether oxygens (including phenoxy) is 4. The lowest BCUT2D eigenvalue weighted by Crippen LogP contribution is -2.42. The first kappa shape index (κ1) is 19.4. The molecule has 1 N–H and O–H groups in total. The third-order valence-electron chi connectivity index (χ3n) is 4.94. The molecule has 146 valence electrons. The standard InChI is InChI=1S/C20H25NO6/c1-18(2)19(3,4)27-17(26-18)12-7-9-13(10-8-12)21-11-14-15(22)24-20(5,6)25-16(14)23/h7-11,17,21H,1-6H3. The summed E-state index contributed by atoms with van der Waals surface area (Å²) in [4.78, 5) is 23.9. The van der Waals surface area contributed by atoms with E-state index in [1.165, 1.54) is 20.0 Å². The lowest BCUT2D eigenvalue weighted by molar-refractivity contribution is -0.222. The molecule has 2 aliphatic heterocycles. The number of nitrogens with one attached hydrogen (secondary N) is 1. The van der Waals surface area contributed by atoms with Gasteiger partial charge in [-0.1, -0.05) is 12.1 Å². The Hall–Kier alpha value is -2.38. The van der Waals surface area contributed by atoms with Gasteiger partial charge in [-0.2, -0.15) is 0 Å². The molecule has 0 saturated carbocycles. The van der Waals surface area contributed by atoms with E-state index in [4.69, 9.17) is 18.9 Å². The van der Waals surface area contributed by atoms with Crippen molar-refractivity contribution in [2.45, 2.75) is 64.8 Å². The minimum atomic E-state index is -1.25. The molecule has 1 aromatic rings. The number of esters is 2. The highest BCUT2D eigenvalue weighted by atomic mass is 16.8. The molecule has 2 saturated heterocycles. The van der Waals surface area contributed by atoms with Crippen LogP contribution in [0.2, 0.25) is 0 Å². The fraction of sp³-hybridized carbons (Fsp3) is 0.500. The summed E-state index contributed by atoms with van der Waals surface area (Å²) >= 11 is 0. The normalized spacial score (nSPS) is 23.6. The number of carbonyl (C=O) groups is 2. The molecule has 7 heteroatoms. The molecule has 0 spiro atoms. The summed E-state index contributed by atoms with van der Waals surface area (Å²) in [6.07, 6.45) is 0.830. The van der Waals surface area contributed by atoms with E-state index >= 15 is 0 Å². The fourth-order valence-electron chi connectivity index (χ4n) is 2.65. The Morgan fingerprint density at radius 2 is 1.33 bits per heavy atom. The molecule has 1 aromatic carbocycles. The maximum atomic E-state index is 11.9. The van der Waals surface area contributed by atoms with E-state index in [1.54, 1.807) is 12.1 Å². The molecule has 27 heavy (non-hydrogen) atoms. The first-order chi connectivity index (χ1) is 12.4. The molecular formula is C20H25NO6. The van der Waals surface area contributed by atoms with Crippen LogP contribution < -0.4 is 5.32 Å². The van der Waals surface area contributed by atoms with E-state index in [0.29, 0.717) is 5.69 Å². The highest BCUT2D eigenvalue weighted by Crippen LogP contribution is 2.44. The zero-order valence-electron chi connectivity index (χ0n) is 16.4. The molecular weight excluding hydrogens is 350 g/mol. The van der Waals surface area contributed by atoms with Gasteiger partial charge in [0.1, 0.15) is 0 Å². The van der Waals surface area contributed by atoms with Gasteiger partial charge in [0.15, 0.2) is 11.9 Å². The Kier molecular flexibility index (Phi) is 4.56. The summed E-state index contributed by atoms with van der Waals surface area (Å²) in [5, 5.41) is 2.91. The Bertz CT molecular complexity index is 753. The molecule has 0 bridgehead atoms. The van der Waals surface area contributed by atoms with E-state index in [1.807, 2.05) is 39.8 Å². The molecule has 2 fully saturated rings. The topological polar surface area (TPSA) is 83.1 Å². The van der Waals surface area contributed by atoms with Gasteiger partial charge in [-0.15, -0.1) is 0 Å². The van der Waals surface area contributed by atoms with Crippen LogP contribution in [0.25, 0.3) is 0 Å². The first-order valence-electron chi connectivity index (χ1n) is 8.79. The third kappa shape index (κ3) is 3.84. The Labute approximate surface area is 158 Å². The van der Waals surface area contributed by atoms with Gasteiger partial charge in [0.25, 0.3) is 5.79 Å². The van der Waals surface area contributed by atoms with Crippen molar-refractivity contribution in [3.05, 3.63) is 41.6 Å². The van der Waals surface area contributed by atoms with Crippen molar-refractivity contribution in [1.29, 1.82) is 0 Å². The smallest absolute Gasteiger partial charge is 0.350 e. The van der Waals surface area contributed by atoms with Crippen LogP contribution in [0.4, 0.5) is 5.69 Å². The van der Waals surface area contributed by atoms with Crippen LogP contribution in [0, 0.1) is 0 Å². The Morgan fingerprint density at radius 1 is 0.852 bits per heavy atom. The van der Waals surface area contributed by atoms with Gasteiger partial charge in [0.2, 0.25) is 0 Å². The van der Waals surface area contributed by atoms with Crippen LogP contribution in [0.5, 0.6) is 0 Å². The monoisotopic (exact) mass is 375 g/mol. The molecule has 0 unspecified atom stereocenters. The Balaban J connectivity index is 1.69. The summed E-state index contributed by atoms with van der Waals surface area (Å²) in [5.74, 6) is -2.70. The summed E-state index contributed by atoms with van der Waals surface area (Å²) in [6.45, 7) is 11.0. The van der Waals surface area contributed by atoms with Crippen molar-refractivity contribution in [3.63, 3.8) is 0 Å². The SMILES string of the molecule is CC1(C)OC(=O)C(=CNc2ccc(C3OC(C)(C)C(C)(C)O3)cc2)C(=O)O1. The molecule has 2 aliphatic rings. The van der Waals surface area contributed by atoms with Crippen LogP contribution in [-0.2, 0) is 28.5 Å². The van der Waals surface area contributed by atoms with Crippen LogP contribution in [0.1, 0.15) is 53.4 Å². The molecule has 3 rings (SSSR count). The molecule has 2 heterocycles. The molecule has 0 aromatic heterocycles. The average molecular weight is 375 g/mol. The molecule has 0 amide bonds. The van der Waals surface area contributed by atoms with Crippen molar-refractivity contribution >= 4 is 17.6 Å². The van der Waals surface area contributed by atoms with Gasteiger partial charge < -0.3 is 24.3 Å². The number of anilines is 1. The van der Waals surface area contributed by atoms with Gasteiger partial charge in [0, 0.05) is 31.3 Å². The van der Waals surface area contributed by atoms with Crippen LogP contribution >= 0.6 is 0 Å². The summed E-state index contributed by atoms with van der Waals surface area (Å²) < 4.78 is 22.1. The second-order valence-electron chi connectivity index (χ2n) is 8.09. The number of rotatable bonds is 3. The quantitative estimate of drug-likeness (QED) is 0.492. The predicted octanol–water partition coefficient (Wildman–Crippen LogP) is 3.42. The second-order valence-corrected chi connectivity index (χ2v) is 8.09. The fourth-order valence-corrected chi connectivity index (χ4v) is 2.65. The number of carbonyl (C=O) groups excluding carboxylic acids is 2. The molecule has 0 radical (unpaired) electrons. The van der Waals surface area contributed by atoms with E-state index in [-0.39, 0.29) is 5.57 Å². The largest absolute Gasteiger partial charge is 0.419 e. The highest BCUT2D eigenvalue weighted by Gasteiger charge is 2.49. The van der Waals surface area contributed by atoms with Gasteiger partial charge in [0.05, 0.1) is 11.2 Å². The first-order valence-corrected chi connectivity index (χ1v) is 8.79. The van der Waals surface area contributed by atoms with Crippen molar-refractivity contribution in [3.8, 4) is 0 Å². The van der Waals surface area contributed by atoms with Gasteiger partial charge in [-0.25, -0.2) is 9.59 Å². The lowest BCUT2D eigenvalue weighted by Gasteiger charge is -2.30. The zero-order valence-corrected chi connectivity index (χ0v) is 16.4. The van der Waals surface area contributed by atoms with E-state index in [9.17, 15) is 9.59 Å². The van der Waals surface area contributed by atoms with E-state index in [0.717, 1.165) is 5.56 Å². The zero-order chi connectivity index (χ0) is 20.0. The minimum absolute atomic E-state index is 0.190. The van der Waals surface area contributed by atoms with E-state index < -0.39 is 35.2 Å². The third-order valence-corrected chi connectivity index (χ3v) is 4.94. The number of benzene rings is 1. The van der Waals surface area contributed by atoms with Crippen LogP contribution in [-0.4, -0.2) is 28.9 Å². The summed E-state index contributed by atoms with van der Waals surface area (Å²) in [5.41, 5.74) is 0.561. The van der Waals surface area contributed by atoms with Gasteiger partial charge in [-0.3, -0.25) is 0 Å². The lowest BCUT2D eigenvalue weighted by atomic mass is 9.90. The van der Waals surface area contributed by atoms with Gasteiger partial charge in [-0.05, 0) is 39.8 Å². The Morgan fingerprint density at radius 3 is 1.81 bits per heavy atom. The minimum Gasteiger partial charge on any atom is -0.419 e. The molecule has 0 atom stereocenters. The maximum absolute atomic E-state index is 11.9. The van der Waals surface area contributed by atoms with Crippen molar-refractivity contribution in [2.75, 3.05) is 5.32 Å². The number of hydrogen-bond acceptors (Lipinski definition) is 7. The number of cyclic esters (lactones) is 2. The molecule has 7 nitrogen and oxygen atoms in total. The average Bonchev–Trinajstić information content (AvgIpc) is 2.74. The highest BCUT2D eigenvalue weighted by molar-refractivity contribution is 6.15. The van der Waals surface area contributed by atoms with Crippen molar-refractivity contribution in [2.24, 2.45) is 0 Å². The van der Waals surface area contributed by atoms with Crippen LogP contribution in [0.15, 0.2) is 36.0 Å². The summed E-state index contributed by atoms with van der Waals surface area (Å²) in [6, 6.07) is 7.34. The van der Waals surface area contributed by atoms with Crippen LogP contribution in [0.3, 0.4) is 0 Å². The maximum Gasteiger partial charge on any atom is 0.350 e. The van der Waals surface area contributed by atoms with Gasteiger partial charge >= 0.3 is 11.9 Å². The molecule has 0 aliphatic carbocycles.